The van der Waals surface area contributed by atoms with Gasteiger partial charge in [0.1, 0.15) is 0 Å². The van der Waals surface area contributed by atoms with E-state index in [1.54, 1.807) is 0 Å². The standard InChI is InChI=1S/C17H21NS/c1-12-4-5-17(16(9-12)10-18)19-11-15-7-13(2)6-14(3)8-15/h4-9H,10-11,18H2,1-3H3. The van der Waals surface area contributed by atoms with Gasteiger partial charge in [0.25, 0.3) is 0 Å². The molecule has 0 aromatic heterocycles. The average Bonchev–Trinajstić information content (AvgIpc) is 2.36. The topological polar surface area (TPSA) is 26.0 Å². The van der Waals surface area contributed by atoms with E-state index < -0.39 is 0 Å². The fourth-order valence-corrected chi connectivity index (χ4v) is 3.30. The molecule has 0 aliphatic carbocycles. The Balaban J connectivity index is 2.14. The van der Waals surface area contributed by atoms with E-state index in [1.807, 2.05) is 11.8 Å². The molecule has 100 valence electrons. The maximum Gasteiger partial charge on any atom is 0.0232 e. The highest BCUT2D eigenvalue weighted by Crippen LogP contribution is 2.27. The number of hydrogen-bond donors (Lipinski definition) is 1. The molecule has 19 heavy (non-hydrogen) atoms. The van der Waals surface area contributed by atoms with Crippen LogP contribution in [0.1, 0.15) is 27.8 Å². The van der Waals surface area contributed by atoms with Crippen molar-refractivity contribution in [2.24, 2.45) is 5.73 Å². The fraction of sp³-hybridized carbons (Fsp3) is 0.294. The molecule has 0 unspecified atom stereocenters. The van der Waals surface area contributed by atoms with Crippen molar-refractivity contribution in [1.29, 1.82) is 0 Å². The zero-order chi connectivity index (χ0) is 13.8. The molecular weight excluding hydrogens is 250 g/mol. The molecule has 2 heteroatoms. The van der Waals surface area contributed by atoms with Crippen LogP contribution in [0.15, 0.2) is 41.3 Å². The third-order valence-corrected chi connectivity index (χ3v) is 4.30. The van der Waals surface area contributed by atoms with Crippen molar-refractivity contribution < 1.29 is 0 Å². The summed E-state index contributed by atoms with van der Waals surface area (Å²) in [7, 11) is 0. The molecule has 0 atom stereocenters. The van der Waals surface area contributed by atoms with Crippen molar-refractivity contribution >= 4 is 11.8 Å². The molecular formula is C17H21NS. The Morgan fingerprint density at radius 2 is 1.58 bits per heavy atom. The first kappa shape index (κ1) is 14.2. The van der Waals surface area contributed by atoms with Crippen LogP contribution in [0, 0.1) is 20.8 Å². The maximum atomic E-state index is 5.82. The van der Waals surface area contributed by atoms with Crippen LogP contribution in [0.5, 0.6) is 0 Å². The second-order valence-electron chi connectivity index (χ2n) is 5.10. The summed E-state index contributed by atoms with van der Waals surface area (Å²) in [5, 5.41) is 0. The molecule has 0 saturated heterocycles. The second kappa shape index (κ2) is 6.27. The molecule has 2 aromatic carbocycles. The molecule has 2 N–H and O–H groups in total. The quantitative estimate of drug-likeness (QED) is 0.836. The van der Waals surface area contributed by atoms with Gasteiger partial charge in [0.05, 0.1) is 0 Å². The maximum absolute atomic E-state index is 5.82. The highest BCUT2D eigenvalue weighted by molar-refractivity contribution is 7.98. The van der Waals surface area contributed by atoms with Gasteiger partial charge in [0, 0.05) is 17.2 Å². The Hall–Kier alpha value is -1.25. The molecule has 2 aromatic rings. The zero-order valence-electron chi connectivity index (χ0n) is 11.9. The van der Waals surface area contributed by atoms with E-state index in [2.05, 4.69) is 57.2 Å². The van der Waals surface area contributed by atoms with E-state index in [4.69, 9.17) is 5.73 Å². The lowest BCUT2D eigenvalue weighted by atomic mass is 10.1. The molecule has 0 fully saturated rings. The number of benzene rings is 2. The van der Waals surface area contributed by atoms with Gasteiger partial charge in [-0.2, -0.15) is 0 Å². The van der Waals surface area contributed by atoms with Crippen molar-refractivity contribution in [2.75, 3.05) is 0 Å². The Morgan fingerprint density at radius 3 is 2.21 bits per heavy atom. The first-order valence-electron chi connectivity index (χ1n) is 6.58. The van der Waals surface area contributed by atoms with E-state index in [9.17, 15) is 0 Å². The molecule has 0 spiro atoms. The zero-order valence-corrected chi connectivity index (χ0v) is 12.7. The normalized spacial score (nSPS) is 10.7. The minimum atomic E-state index is 0.608. The second-order valence-corrected chi connectivity index (χ2v) is 6.12. The summed E-state index contributed by atoms with van der Waals surface area (Å²) in [6.07, 6.45) is 0. The molecule has 2 rings (SSSR count). The summed E-state index contributed by atoms with van der Waals surface area (Å²) in [6.45, 7) is 7.02. The van der Waals surface area contributed by atoms with Crippen LogP contribution in [0.2, 0.25) is 0 Å². The minimum Gasteiger partial charge on any atom is -0.326 e. The summed E-state index contributed by atoms with van der Waals surface area (Å²) in [6, 6.07) is 13.3. The number of nitrogens with two attached hydrogens (primary N) is 1. The molecule has 0 bridgehead atoms. The Kier molecular flexibility index (Phi) is 4.67. The predicted octanol–water partition coefficient (Wildman–Crippen LogP) is 4.36. The van der Waals surface area contributed by atoms with Crippen LogP contribution >= 0.6 is 11.8 Å². The van der Waals surface area contributed by atoms with Gasteiger partial charge in [-0.05, 0) is 38.0 Å². The molecule has 1 nitrogen and oxygen atoms in total. The minimum absolute atomic E-state index is 0.608. The van der Waals surface area contributed by atoms with Crippen molar-refractivity contribution in [2.45, 2.75) is 38.0 Å². The van der Waals surface area contributed by atoms with Gasteiger partial charge in [-0.15, -0.1) is 11.8 Å². The Bertz CT molecular complexity index is 555. The average molecular weight is 271 g/mol. The molecule has 0 amide bonds. The molecule has 0 aliphatic rings. The Labute approximate surface area is 120 Å². The number of rotatable bonds is 4. The highest BCUT2D eigenvalue weighted by Gasteiger charge is 2.03. The van der Waals surface area contributed by atoms with E-state index in [-0.39, 0.29) is 0 Å². The van der Waals surface area contributed by atoms with Crippen LogP contribution in [-0.2, 0) is 12.3 Å². The van der Waals surface area contributed by atoms with Gasteiger partial charge in [0.15, 0.2) is 0 Å². The number of thioether (sulfide) groups is 1. The van der Waals surface area contributed by atoms with Crippen molar-refractivity contribution in [3.63, 3.8) is 0 Å². The summed E-state index contributed by atoms with van der Waals surface area (Å²) in [4.78, 5) is 1.30. The third kappa shape index (κ3) is 3.85. The monoisotopic (exact) mass is 271 g/mol. The van der Waals surface area contributed by atoms with Gasteiger partial charge < -0.3 is 5.73 Å². The van der Waals surface area contributed by atoms with Crippen molar-refractivity contribution in [1.82, 2.24) is 0 Å². The van der Waals surface area contributed by atoms with Gasteiger partial charge in [-0.3, -0.25) is 0 Å². The number of hydrogen-bond acceptors (Lipinski definition) is 2. The van der Waals surface area contributed by atoms with Gasteiger partial charge >= 0.3 is 0 Å². The summed E-state index contributed by atoms with van der Waals surface area (Å²) < 4.78 is 0. The smallest absolute Gasteiger partial charge is 0.0232 e. The summed E-state index contributed by atoms with van der Waals surface area (Å²) >= 11 is 1.87. The molecule has 0 heterocycles. The van der Waals surface area contributed by atoms with Gasteiger partial charge in [-0.25, -0.2) is 0 Å². The van der Waals surface area contributed by atoms with Crippen LogP contribution in [-0.4, -0.2) is 0 Å². The van der Waals surface area contributed by atoms with Crippen molar-refractivity contribution in [3.05, 3.63) is 64.2 Å². The lowest BCUT2D eigenvalue weighted by Gasteiger charge is -2.09. The highest BCUT2D eigenvalue weighted by atomic mass is 32.2. The van der Waals surface area contributed by atoms with E-state index >= 15 is 0 Å². The van der Waals surface area contributed by atoms with E-state index in [0.717, 1.165) is 5.75 Å². The van der Waals surface area contributed by atoms with Crippen molar-refractivity contribution in [3.8, 4) is 0 Å². The lowest BCUT2D eigenvalue weighted by molar-refractivity contribution is 1.02. The predicted molar refractivity (Wildman–Crippen MR) is 84.5 cm³/mol. The van der Waals surface area contributed by atoms with Gasteiger partial charge in [0.2, 0.25) is 0 Å². The Morgan fingerprint density at radius 1 is 0.895 bits per heavy atom. The van der Waals surface area contributed by atoms with Crippen LogP contribution in [0.3, 0.4) is 0 Å². The first-order chi connectivity index (χ1) is 9.08. The number of aryl methyl sites for hydroxylation is 3. The summed E-state index contributed by atoms with van der Waals surface area (Å²) in [5.41, 5.74) is 12.4. The molecule has 0 radical (unpaired) electrons. The van der Waals surface area contributed by atoms with Crippen LogP contribution in [0.25, 0.3) is 0 Å². The van der Waals surface area contributed by atoms with E-state index in [1.165, 1.54) is 32.7 Å². The van der Waals surface area contributed by atoms with E-state index in [0.29, 0.717) is 6.54 Å². The summed E-state index contributed by atoms with van der Waals surface area (Å²) in [5.74, 6) is 0.999. The third-order valence-electron chi connectivity index (χ3n) is 3.11. The molecule has 0 aliphatic heterocycles. The first-order valence-corrected chi connectivity index (χ1v) is 7.56. The molecule has 0 saturated carbocycles. The van der Waals surface area contributed by atoms with Crippen LogP contribution in [0.4, 0.5) is 0 Å². The SMILES string of the molecule is Cc1cc(C)cc(CSc2ccc(C)cc2CN)c1. The lowest BCUT2D eigenvalue weighted by Crippen LogP contribution is -1.99. The van der Waals surface area contributed by atoms with Gasteiger partial charge in [-0.1, -0.05) is 47.0 Å². The van der Waals surface area contributed by atoms with Crippen LogP contribution < -0.4 is 5.73 Å². The fourth-order valence-electron chi connectivity index (χ4n) is 2.32. The largest absolute Gasteiger partial charge is 0.326 e.